The van der Waals surface area contributed by atoms with Gasteiger partial charge in [-0.15, -0.1) is 24.0 Å². The summed E-state index contributed by atoms with van der Waals surface area (Å²) in [6, 6.07) is 0. The van der Waals surface area contributed by atoms with E-state index in [1.165, 1.54) is 57.3 Å². The molecule has 1 rings (SSSR count). The summed E-state index contributed by atoms with van der Waals surface area (Å²) in [5.74, 6) is 0.904. The number of hydrogen-bond donors (Lipinski definition) is 2. The maximum Gasteiger partial charge on any atom is 0.319 e. The summed E-state index contributed by atoms with van der Waals surface area (Å²) in [6.45, 7) is 0.705. The normalized spacial score (nSPS) is 11.5. The van der Waals surface area contributed by atoms with E-state index in [0.29, 0.717) is 11.8 Å². The Bertz CT molecular complexity index is 466. The van der Waals surface area contributed by atoms with Crippen molar-refractivity contribution in [2.75, 3.05) is 13.6 Å². The molecule has 0 aliphatic heterocycles. The van der Waals surface area contributed by atoms with Gasteiger partial charge >= 0.3 is 6.55 Å². The van der Waals surface area contributed by atoms with Gasteiger partial charge in [-0.1, -0.05) is 51.9 Å². The molecule has 0 aliphatic rings. The summed E-state index contributed by atoms with van der Waals surface area (Å²) in [5, 5.41) is 6.22. The molecule has 0 amide bonds. The van der Waals surface area contributed by atoms with Crippen LogP contribution in [-0.4, -0.2) is 29.1 Å². The molecule has 146 valence electrons. The highest BCUT2D eigenvalue weighted by atomic mass is 127. The van der Waals surface area contributed by atoms with Crippen LogP contribution in [-0.2, 0) is 6.54 Å². The van der Waals surface area contributed by atoms with Crippen LogP contribution < -0.4 is 10.6 Å². The summed E-state index contributed by atoms with van der Waals surface area (Å²) in [4.78, 5) is 8.03. The maximum atomic E-state index is 12.7. The number of nitrogens with one attached hydrogen (secondary N) is 2. The molecule has 0 aliphatic carbocycles. The molecule has 1 heterocycles. The molecule has 0 unspecified atom stereocenters. The maximum absolute atomic E-state index is 12.7. The van der Waals surface area contributed by atoms with E-state index >= 15 is 0 Å². The summed E-state index contributed by atoms with van der Waals surface area (Å²) >= 11 is 0. The molecule has 1 aromatic rings. The van der Waals surface area contributed by atoms with Crippen molar-refractivity contribution in [3.63, 3.8) is 0 Å². The molecule has 5 nitrogen and oxygen atoms in total. The van der Waals surface area contributed by atoms with Gasteiger partial charge in [0.25, 0.3) is 0 Å². The summed E-state index contributed by atoms with van der Waals surface area (Å²) < 4.78 is 26.3. The van der Waals surface area contributed by atoms with Gasteiger partial charge < -0.3 is 10.6 Å². The van der Waals surface area contributed by atoms with Crippen molar-refractivity contribution in [1.29, 1.82) is 0 Å². The molecule has 0 spiro atoms. The van der Waals surface area contributed by atoms with Crippen LogP contribution in [0.25, 0.3) is 0 Å². The number of guanidine groups is 1. The topological polar surface area (TPSA) is 54.2 Å². The number of alkyl halides is 2. The highest BCUT2D eigenvalue weighted by Crippen LogP contribution is 2.12. The van der Waals surface area contributed by atoms with Gasteiger partial charge in [-0.2, -0.15) is 8.78 Å². The van der Waals surface area contributed by atoms with Crippen LogP contribution in [0.2, 0.25) is 0 Å². The van der Waals surface area contributed by atoms with E-state index in [1.807, 2.05) is 0 Å². The minimum atomic E-state index is -2.57. The number of imidazole rings is 1. The third-order valence-electron chi connectivity index (χ3n) is 3.92. The third-order valence-corrected chi connectivity index (χ3v) is 3.92. The molecule has 8 heteroatoms. The van der Waals surface area contributed by atoms with E-state index < -0.39 is 6.55 Å². The lowest BCUT2D eigenvalue weighted by Gasteiger charge is -2.12. The summed E-state index contributed by atoms with van der Waals surface area (Å²) in [7, 11) is 1.67. The van der Waals surface area contributed by atoms with E-state index in [9.17, 15) is 8.78 Å². The number of rotatable bonds is 12. The van der Waals surface area contributed by atoms with Gasteiger partial charge in [-0.25, -0.2) is 4.98 Å². The van der Waals surface area contributed by atoms with Crippen LogP contribution in [0.4, 0.5) is 8.78 Å². The van der Waals surface area contributed by atoms with Gasteiger partial charge in [-0.05, 0) is 6.42 Å². The Balaban J connectivity index is 0.00000576. The molecule has 0 fully saturated rings. The lowest BCUT2D eigenvalue weighted by molar-refractivity contribution is 0.0668. The first kappa shape index (κ1) is 24.1. The van der Waals surface area contributed by atoms with Crippen LogP contribution in [0.5, 0.6) is 0 Å². The van der Waals surface area contributed by atoms with E-state index in [1.54, 1.807) is 7.05 Å². The standard InChI is InChI=1S/C17H31F2N5.HI/c1-3-4-5-6-7-8-9-10-11-22-17(20-2)23-14-15-21-12-13-24(15)16(18)19;/h12-13,16H,3-11,14H2,1-2H3,(H2,20,22,23);1H. The van der Waals surface area contributed by atoms with Crippen molar-refractivity contribution in [1.82, 2.24) is 20.2 Å². The SMILES string of the molecule is CCCCCCCCCCNC(=NC)NCc1nccn1C(F)F.I. The van der Waals surface area contributed by atoms with E-state index in [2.05, 4.69) is 27.5 Å². The van der Waals surface area contributed by atoms with Crippen LogP contribution in [0.15, 0.2) is 17.4 Å². The van der Waals surface area contributed by atoms with Crippen molar-refractivity contribution in [3.8, 4) is 0 Å². The zero-order valence-electron chi connectivity index (χ0n) is 15.3. The smallest absolute Gasteiger partial charge is 0.319 e. The predicted octanol–water partition coefficient (Wildman–Crippen LogP) is 4.70. The van der Waals surface area contributed by atoms with Crippen LogP contribution in [0, 0.1) is 0 Å². The highest BCUT2D eigenvalue weighted by Gasteiger charge is 2.11. The predicted molar refractivity (Wildman–Crippen MR) is 110 cm³/mol. The molecule has 0 saturated heterocycles. The molecule has 0 saturated carbocycles. The van der Waals surface area contributed by atoms with Gasteiger partial charge in [0, 0.05) is 26.0 Å². The van der Waals surface area contributed by atoms with Gasteiger partial charge in [-0.3, -0.25) is 9.56 Å². The Morgan fingerprint density at radius 2 is 1.76 bits per heavy atom. The summed E-state index contributed by atoms with van der Waals surface area (Å²) in [6.07, 6.45) is 12.8. The number of unbranched alkanes of at least 4 members (excludes halogenated alkanes) is 7. The lowest BCUT2D eigenvalue weighted by Crippen LogP contribution is -2.37. The second kappa shape index (κ2) is 15.3. The van der Waals surface area contributed by atoms with Crippen molar-refractivity contribution < 1.29 is 8.78 Å². The van der Waals surface area contributed by atoms with Gasteiger partial charge in [0.2, 0.25) is 0 Å². The van der Waals surface area contributed by atoms with Crippen molar-refractivity contribution >= 4 is 29.9 Å². The van der Waals surface area contributed by atoms with E-state index in [-0.39, 0.29) is 30.5 Å². The zero-order chi connectivity index (χ0) is 17.6. The number of aliphatic imine (C=N–C) groups is 1. The highest BCUT2D eigenvalue weighted by molar-refractivity contribution is 14.0. The Morgan fingerprint density at radius 3 is 2.36 bits per heavy atom. The van der Waals surface area contributed by atoms with Crippen molar-refractivity contribution in [2.45, 2.75) is 71.4 Å². The molecule has 1 aromatic heterocycles. The first-order valence-corrected chi connectivity index (χ1v) is 8.93. The van der Waals surface area contributed by atoms with Gasteiger partial charge in [0.05, 0.1) is 6.54 Å². The van der Waals surface area contributed by atoms with Crippen molar-refractivity contribution in [2.24, 2.45) is 4.99 Å². The molecule has 2 N–H and O–H groups in total. The fourth-order valence-electron chi connectivity index (χ4n) is 2.51. The molecule has 0 aromatic carbocycles. The van der Waals surface area contributed by atoms with Crippen LogP contribution >= 0.6 is 24.0 Å². The number of hydrogen-bond acceptors (Lipinski definition) is 2. The van der Waals surface area contributed by atoms with Gasteiger partial charge in [0.15, 0.2) is 5.96 Å². The Hall–Kier alpha value is -0.930. The van der Waals surface area contributed by atoms with Crippen LogP contribution in [0.1, 0.15) is 70.7 Å². The van der Waals surface area contributed by atoms with E-state index in [0.717, 1.165) is 17.5 Å². The van der Waals surface area contributed by atoms with Crippen molar-refractivity contribution in [3.05, 3.63) is 18.2 Å². The average Bonchev–Trinajstić information content (AvgIpc) is 3.05. The average molecular weight is 471 g/mol. The van der Waals surface area contributed by atoms with E-state index in [4.69, 9.17) is 0 Å². The molecule has 25 heavy (non-hydrogen) atoms. The molecular formula is C17H32F2IN5. The fraction of sp³-hybridized carbons (Fsp3) is 0.765. The third kappa shape index (κ3) is 10.6. The molecule has 0 bridgehead atoms. The molecular weight excluding hydrogens is 439 g/mol. The second-order valence-electron chi connectivity index (χ2n) is 5.86. The molecule has 0 radical (unpaired) electrons. The molecule has 0 atom stereocenters. The first-order chi connectivity index (χ1) is 11.7. The minimum Gasteiger partial charge on any atom is -0.356 e. The number of halogens is 3. The quantitative estimate of drug-likeness (QED) is 0.201. The fourth-order valence-corrected chi connectivity index (χ4v) is 2.51. The Morgan fingerprint density at radius 1 is 1.12 bits per heavy atom. The number of nitrogens with zero attached hydrogens (tertiary/aromatic N) is 3. The minimum absolute atomic E-state index is 0. The monoisotopic (exact) mass is 471 g/mol. The second-order valence-corrected chi connectivity index (χ2v) is 5.86. The Kier molecular flexibility index (Phi) is 14.8. The lowest BCUT2D eigenvalue weighted by atomic mass is 10.1. The zero-order valence-corrected chi connectivity index (χ0v) is 17.6. The number of aromatic nitrogens is 2. The van der Waals surface area contributed by atoms with Crippen LogP contribution in [0.3, 0.4) is 0 Å². The largest absolute Gasteiger partial charge is 0.356 e. The van der Waals surface area contributed by atoms with Gasteiger partial charge in [0.1, 0.15) is 5.82 Å². The summed E-state index contributed by atoms with van der Waals surface area (Å²) in [5.41, 5.74) is 0. The Labute approximate surface area is 167 Å². The first-order valence-electron chi connectivity index (χ1n) is 8.93.